The fraction of sp³-hybridized carbons (Fsp3) is 0.692. The maximum Gasteiger partial charge on any atom is 0.240 e. The summed E-state index contributed by atoms with van der Waals surface area (Å²) in [7, 11) is 0. The normalized spacial score (nSPS) is 22.3. The molecule has 0 aromatic carbocycles. The lowest BCUT2D eigenvalue weighted by Crippen LogP contribution is -2.51. The summed E-state index contributed by atoms with van der Waals surface area (Å²) >= 11 is 1.64. The number of thiazole rings is 1. The minimum Gasteiger partial charge on any atom is -0.332 e. The average Bonchev–Trinajstić information content (AvgIpc) is 2.78. The van der Waals surface area contributed by atoms with Crippen molar-refractivity contribution in [1.82, 2.24) is 15.2 Å². The zero-order valence-corrected chi connectivity index (χ0v) is 12.1. The van der Waals surface area contributed by atoms with Gasteiger partial charge in [0.05, 0.1) is 12.1 Å². The summed E-state index contributed by atoms with van der Waals surface area (Å²) in [4.78, 5) is 18.8. The molecule has 1 aromatic rings. The third kappa shape index (κ3) is 2.72. The van der Waals surface area contributed by atoms with Gasteiger partial charge in [0, 0.05) is 17.6 Å². The molecule has 100 valence electrons. The van der Waals surface area contributed by atoms with Crippen LogP contribution in [0.1, 0.15) is 43.4 Å². The number of amides is 1. The number of hydrogen-bond donors (Lipinski definition) is 1. The summed E-state index contributed by atoms with van der Waals surface area (Å²) in [6, 6.07) is 0.0879. The predicted molar refractivity (Wildman–Crippen MR) is 73.7 cm³/mol. The lowest BCUT2D eigenvalue weighted by molar-refractivity contribution is -0.138. The Morgan fingerprint density at radius 3 is 3.06 bits per heavy atom. The van der Waals surface area contributed by atoms with Crippen molar-refractivity contribution in [2.45, 2.75) is 45.7 Å². The van der Waals surface area contributed by atoms with Crippen molar-refractivity contribution >= 4 is 17.2 Å². The highest BCUT2D eigenvalue weighted by Crippen LogP contribution is 2.27. The quantitative estimate of drug-likeness (QED) is 0.909. The summed E-state index contributed by atoms with van der Waals surface area (Å²) < 4.78 is 0. The van der Waals surface area contributed by atoms with Crippen molar-refractivity contribution in [3.05, 3.63) is 16.1 Å². The van der Waals surface area contributed by atoms with Crippen molar-refractivity contribution in [3.8, 4) is 0 Å². The first-order chi connectivity index (χ1) is 8.63. The van der Waals surface area contributed by atoms with Gasteiger partial charge >= 0.3 is 0 Å². The van der Waals surface area contributed by atoms with Crippen molar-refractivity contribution in [2.75, 3.05) is 13.1 Å². The Labute approximate surface area is 112 Å². The number of aromatic nitrogens is 1. The molecule has 4 nitrogen and oxygen atoms in total. The molecule has 1 aliphatic rings. The minimum atomic E-state index is -0.00717. The van der Waals surface area contributed by atoms with Crippen LogP contribution in [0, 0.1) is 6.92 Å². The van der Waals surface area contributed by atoms with E-state index >= 15 is 0 Å². The van der Waals surface area contributed by atoms with E-state index in [-0.39, 0.29) is 18.0 Å². The molecule has 18 heavy (non-hydrogen) atoms. The molecule has 1 saturated heterocycles. The summed E-state index contributed by atoms with van der Waals surface area (Å²) in [6.07, 6.45) is 2.02. The third-order valence-electron chi connectivity index (χ3n) is 3.39. The van der Waals surface area contributed by atoms with E-state index in [2.05, 4.69) is 17.2 Å². The van der Waals surface area contributed by atoms with E-state index in [1.54, 1.807) is 11.3 Å². The first-order valence-corrected chi connectivity index (χ1v) is 7.47. The smallest absolute Gasteiger partial charge is 0.240 e. The van der Waals surface area contributed by atoms with E-state index in [4.69, 9.17) is 0 Å². The Morgan fingerprint density at radius 1 is 1.67 bits per heavy atom. The van der Waals surface area contributed by atoms with Gasteiger partial charge in [-0.25, -0.2) is 4.98 Å². The Bertz CT molecular complexity index is 416. The zero-order chi connectivity index (χ0) is 13.1. The fourth-order valence-corrected chi connectivity index (χ4v) is 3.28. The lowest BCUT2D eigenvalue weighted by atomic mass is 10.0. The van der Waals surface area contributed by atoms with Crippen molar-refractivity contribution in [1.29, 1.82) is 0 Å². The first-order valence-electron chi connectivity index (χ1n) is 6.59. The third-order valence-corrected chi connectivity index (χ3v) is 4.52. The topological polar surface area (TPSA) is 45.2 Å². The predicted octanol–water partition coefficient (Wildman–Crippen LogP) is 2.11. The monoisotopic (exact) mass is 267 g/mol. The van der Waals surface area contributed by atoms with Gasteiger partial charge in [-0.15, -0.1) is 11.3 Å². The van der Waals surface area contributed by atoms with Gasteiger partial charge in [-0.05, 0) is 33.2 Å². The highest BCUT2D eigenvalue weighted by Gasteiger charge is 2.32. The number of nitrogens with one attached hydrogen (secondary N) is 1. The van der Waals surface area contributed by atoms with Crippen LogP contribution in [0.4, 0.5) is 0 Å². The number of aryl methyl sites for hydroxylation is 1. The molecule has 1 fully saturated rings. The van der Waals surface area contributed by atoms with Crippen LogP contribution in [-0.2, 0) is 4.79 Å². The largest absolute Gasteiger partial charge is 0.332 e. The Kier molecular flexibility index (Phi) is 4.35. The standard InChI is InChI=1S/C13H21N3OS/c1-4-14-11-6-5-7-16(13(11)17)10(3)12-15-9(2)8-18-12/h8,10-11,14H,4-7H2,1-3H3. The van der Waals surface area contributed by atoms with Crippen LogP contribution in [0.15, 0.2) is 5.38 Å². The van der Waals surface area contributed by atoms with E-state index in [0.29, 0.717) is 0 Å². The van der Waals surface area contributed by atoms with Gasteiger partial charge in [0.15, 0.2) is 0 Å². The molecular formula is C13H21N3OS. The molecule has 2 atom stereocenters. The number of rotatable bonds is 4. The van der Waals surface area contributed by atoms with Gasteiger partial charge < -0.3 is 10.2 Å². The highest BCUT2D eigenvalue weighted by molar-refractivity contribution is 7.09. The lowest BCUT2D eigenvalue weighted by Gasteiger charge is -2.36. The SMILES string of the molecule is CCNC1CCCN(C(C)c2nc(C)cs2)C1=O. The molecule has 1 aliphatic heterocycles. The number of carbonyl (C=O) groups is 1. The number of carbonyl (C=O) groups excluding carboxylic acids is 1. The van der Waals surface area contributed by atoms with E-state index in [1.165, 1.54) is 0 Å². The summed E-state index contributed by atoms with van der Waals surface area (Å²) in [5.74, 6) is 0.225. The molecule has 0 saturated carbocycles. The second-order valence-corrected chi connectivity index (χ2v) is 5.68. The molecule has 1 N–H and O–H groups in total. The maximum atomic E-state index is 12.4. The molecule has 5 heteroatoms. The molecule has 0 aliphatic carbocycles. The Hall–Kier alpha value is -0.940. The number of nitrogens with zero attached hydrogens (tertiary/aromatic N) is 2. The van der Waals surface area contributed by atoms with Gasteiger partial charge in [0.2, 0.25) is 5.91 Å². The molecule has 1 amide bonds. The van der Waals surface area contributed by atoms with Crippen LogP contribution in [0.2, 0.25) is 0 Å². The Morgan fingerprint density at radius 2 is 2.44 bits per heavy atom. The van der Waals surface area contributed by atoms with Gasteiger partial charge in [0.1, 0.15) is 5.01 Å². The fourth-order valence-electron chi connectivity index (χ4n) is 2.42. The van der Waals surface area contributed by atoms with E-state index < -0.39 is 0 Å². The number of piperidine rings is 1. The zero-order valence-electron chi connectivity index (χ0n) is 11.3. The van der Waals surface area contributed by atoms with Crippen LogP contribution in [-0.4, -0.2) is 34.9 Å². The van der Waals surface area contributed by atoms with Crippen LogP contribution >= 0.6 is 11.3 Å². The van der Waals surface area contributed by atoms with Crippen LogP contribution in [0.5, 0.6) is 0 Å². The molecule has 2 unspecified atom stereocenters. The summed E-state index contributed by atoms with van der Waals surface area (Å²) in [5, 5.41) is 6.35. The van der Waals surface area contributed by atoms with Gasteiger partial charge in [0.25, 0.3) is 0 Å². The van der Waals surface area contributed by atoms with Crippen molar-refractivity contribution in [3.63, 3.8) is 0 Å². The van der Waals surface area contributed by atoms with Gasteiger partial charge in [-0.1, -0.05) is 6.92 Å². The van der Waals surface area contributed by atoms with E-state index in [0.717, 1.165) is 36.6 Å². The van der Waals surface area contributed by atoms with E-state index in [1.807, 2.05) is 24.1 Å². The average molecular weight is 267 g/mol. The number of hydrogen-bond acceptors (Lipinski definition) is 4. The van der Waals surface area contributed by atoms with Gasteiger partial charge in [-0.2, -0.15) is 0 Å². The summed E-state index contributed by atoms with van der Waals surface area (Å²) in [6.45, 7) is 7.80. The molecule has 2 rings (SSSR count). The van der Waals surface area contributed by atoms with Crippen LogP contribution < -0.4 is 5.32 Å². The molecule has 2 heterocycles. The molecule has 0 spiro atoms. The molecule has 1 aromatic heterocycles. The minimum absolute atomic E-state index is 0.00717. The second-order valence-electron chi connectivity index (χ2n) is 4.79. The summed E-state index contributed by atoms with van der Waals surface area (Å²) in [5.41, 5.74) is 1.04. The first kappa shape index (κ1) is 13.5. The van der Waals surface area contributed by atoms with Crippen molar-refractivity contribution in [2.24, 2.45) is 0 Å². The molecule has 0 radical (unpaired) electrons. The maximum absolute atomic E-state index is 12.4. The number of likely N-dealkylation sites (tertiary alicyclic amines) is 1. The molecule has 0 bridgehead atoms. The molecular weight excluding hydrogens is 246 g/mol. The van der Waals surface area contributed by atoms with Crippen LogP contribution in [0.25, 0.3) is 0 Å². The Balaban J connectivity index is 2.09. The van der Waals surface area contributed by atoms with Crippen molar-refractivity contribution < 1.29 is 4.79 Å². The van der Waals surface area contributed by atoms with Gasteiger partial charge in [-0.3, -0.25) is 4.79 Å². The van der Waals surface area contributed by atoms with E-state index in [9.17, 15) is 4.79 Å². The highest BCUT2D eigenvalue weighted by atomic mass is 32.1. The second kappa shape index (κ2) is 5.80. The number of likely N-dealkylation sites (N-methyl/N-ethyl adjacent to an activating group) is 1. The van der Waals surface area contributed by atoms with Crippen LogP contribution in [0.3, 0.4) is 0 Å².